The summed E-state index contributed by atoms with van der Waals surface area (Å²) < 4.78 is 11.4. The number of nitrogens with zero attached hydrogens (tertiary/aromatic N) is 2. The van der Waals surface area contributed by atoms with Crippen molar-refractivity contribution in [1.82, 2.24) is 15.1 Å². The Morgan fingerprint density at radius 1 is 1.10 bits per heavy atom. The van der Waals surface area contributed by atoms with Gasteiger partial charge in [-0.15, -0.1) is 0 Å². The van der Waals surface area contributed by atoms with Crippen LogP contribution in [0.3, 0.4) is 0 Å². The molecule has 3 saturated heterocycles. The fraction of sp³-hybridized carbons (Fsp3) is 0.857. The molecule has 3 aliphatic heterocycles. The lowest BCUT2D eigenvalue weighted by Crippen LogP contribution is -2.48. The summed E-state index contributed by atoms with van der Waals surface area (Å²) in [5.74, 6) is -0.525. The molecule has 3 aliphatic rings. The van der Waals surface area contributed by atoms with Gasteiger partial charge in [-0.3, -0.25) is 9.69 Å². The number of imide groups is 1. The Morgan fingerprint density at radius 3 is 2.24 bits per heavy atom. The normalized spacial score (nSPS) is 28.4. The van der Waals surface area contributed by atoms with Crippen molar-refractivity contribution in [3.05, 3.63) is 0 Å². The summed E-state index contributed by atoms with van der Waals surface area (Å²) in [5.41, 5.74) is -0.783. The summed E-state index contributed by atoms with van der Waals surface area (Å²) in [6.07, 6.45) is 1.69. The molecule has 3 heterocycles. The van der Waals surface area contributed by atoms with Gasteiger partial charge in [0.2, 0.25) is 0 Å². The SMILES string of the molecule is CC1(C)NC(=O)N(CCN2CCC3(CC2)OCCO3)C1=O. The fourth-order valence-corrected chi connectivity index (χ4v) is 3.17. The van der Waals surface area contributed by atoms with Gasteiger partial charge in [0.25, 0.3) is 5.91 Å². The van der Waals surface area contributed by atoms with Gasteiger partial charge in [0.1, 0.15) is 5.54 Å². The van der Waals surface area contributed by atoms with Crippen LogP contribution in [0.2, 0.25) is 0 Å². The second-order valence-electron chi connectivity index (χ2n) is 6.46. The van der Waals surface area contributed by atoms with Gasteiger partial charge in [0.05, 0.1) is 13.2 Å². The molecule has 1 spiro atoms. The number of carbonyl (C=O) groups excluding carboxylic acids is 2. The maximum atomic E-state index is 12.1. The van der Waals surface area contributed by atoms with Crippen LogP contribution in [-0.4, -0.2) is 72.5 Å². The summed E-state index contributed by atoms with van der Waals surface area (Å²) in [5, 5.41) is 2.70. The number of ether oxygens (including phenoxy) is 2. The second kappa shape index (κ2) is 5.23. The molecule has 0 bridgehead atoms. The summed E-state index contributed by atoms with van der Waals surface area (Å²) in [6.45, 7) is 7.68. The molecule has 0 unspecified atom stereocenters. The molecule has 3 amide bonds. The Bertz CT molecular complexity index is 436. The van der Waals surface area contributed by atoms with Crippen molar-refractivity contribution in [2.75, 3.05) is 39.4 Å². The van der Waals surface area contributed by atoms with Gasteiger partial charge < -0.3 is 19.7 Å². The van der Waals surface area contributed by atoms with E-state index in [2.05, 4.69) is 10.2 Å². The van der Waals surface area contributed by atoms with Gasteiger partial charge in [-0.1, -0.05) is 0 Å². The van der Waals surface area contributed by atoms with Crippen LogP contribution in [0, 0.1) is 0 Å². The lowest BCUT2D eigenvalue weighted by Gasteiger charge is -2.37. The fourth-order valence-electron chi connectivity index (χ4n) is 3.17. The second-order valence-corrected chi connectivity index (χ2v) is 6.46. The Kier molecular flexibility index (Phi) is 3.67. The predicted octanol–water partition coefficient (Wildman–Crippen LogP) is 0.156. The van der Waals surface area contributed by atoms with Gasteiger partial charge >= 0.3 is 6.03 Å². The van der Waals surface area contributed by atoms with E-state index in [1.807, 2.05) is 0 Å². The molecule has 3 fully saturated rings. The van der Waals surface area contributed by atoms with Crippen molar-refractivity contribution in [1.29, 1.82) is 0 Å². The van der Waals surface area contributed by atoms with E-state index in [4.69, 9.17) is 9.47 Å². The van der Waals surface area contributed by atoms with Crippen molar-refractivity contribution < 1.29 is 19.1 Å². The average Bonchev–Trinajstić information content (AvgIpc) is 2.95. The van der Waals surface area contributed by atoms with Crippen molar-refractivity contribution in [3.63, 3.8) is 0 Å². The lowest BCUT2D eigenvalue weighted by atomic mass is 10.0. The molecule has 1 N–H and O–H groups in total. The average molecular weight is 297 g/mol. The van der Waals surface area contributed by atoms with E-state index in [1.165, 1.54) is 4.90 Å². The van der Waals surface area contributed by atoms with Gasteiger partial charge in [0.15, 0.2) is 5.79 Å². The minimum absolute atomic E-state index is 0.150. The van der Waals surface area contributed by atoms with Crippen molar-refractivity contribution >= 4 is 11.9 Å². The van der Waals surface area contributed by atoms with Gasteiger partial charge in [-0.2, -0.15) is 0 Å². The Hall–Kier alpha value is -1.18. The van der Waals surface area contributed by atoms with Crippen molar-refractivity contribution in [2.45, 2.75) is 38.0 Å². The molecule has 0 saturated carbocycles. The minimum Gasteiger partial charge on any atom is -0.347 e. The Labute approximate surface area is 124 Å². The van der Waals surface area contributed by atoms with E-state index >= 15 is 0 Å². The maximum absolute atomic E-state index is 12.1. The first-order chi connectivity index (χ1) is 9.92. The number of hydrogen-bond donors (Lipinski definition) is 1. The number of hydrogen-bond acceptors (Lipinski definition) is 5. The van der Waals surface area contributed by atoms with E-state index in [1.54, 1.807) is 13.8 Å². The van der Waals surface area contributed by atoms with E-state index in [0.29, 0.717) is 26.3 Å². The minimum atomic E-state index is -0.783. The number of urea groups is 1. The zero-order valence-corrected chi connectivity index (χ0v) is 12.7. The number of carbonyl (C=O) groups is 2. The van der Waals surface area contributed by atoms with E-state index in [0.717, 1.165) is 25.9 Å². The third kappa shape index (κ3) is 2.77. The third-order valence-corrected chi connectivity index (χ3v) is 4.52. The van der Waals surface area contributed by atoms with E-state index in [-0.39, 0.29) is 17.7 Å². The first-order valence-electron chi connectivity index (χ1n) is 7.56. The number of piperidine rings is 1. The molecule has 7 heteroatoms. The van der Waals surface area contributed by atoms with Gasteiger partial charge in [-0.25, -0.2) is 4.79 Å². The molecule has 7 nitrogen and oxygen atoms in total. The molecule has 0 atom stereocenters. The topological polar surface area (TPSA) is 71.1 Å². The summed E-state index contributed by atoms with van der Waals surface area (Å²) in [4.78, 5) is 27.5. The van der Waals surface area contributed by atoms with Crippen LogP contribution in [-0.2, 0) is 14.3 Å². The highest BCUT2D eigenvalue weighted by molar-refractivity contribution is 6.06. The summed E-state index contributed by atoms with van der Waals surface area (Å²) in [6, 6.07) is -0.291. The number of rotatable bonds is 3. The number of amides is 3. The number of likely N-dealkylation sites (tertiary alicyclic amines) is 1. The third-order valence-electron chi connectivity index (χ3n) is 4.52. The standard InChI is InChI=1S/C14H23N3O4/c1-13(2)11(18)17(12(19)15-13)8-7-16-5-3-14(4-6-16)20-9-10-21-14/h3-10H2,1-2H3,(H,15,19). The van der Waals surface area contributed by atoms with Crippen molar-refractivity contribution in [2.24, 2.45) is 0 Å². The number of nitrogens with one attached hydrogen (secondary N) is 1. The molecular weight excluding hydrogens is 274 g/mol. The first kappa shape index (κ1) is 14.7. The molecule has 0 aliphatic carbocycles. The summed E-state index contributed by atoms with van der Waals surface area (Å²) >= 11 is 0. The first-order valence-corrected chi connectivity index (χ1v) is 7.56. The van der Waals surface area contributed by atoms with Gasteiger partial charge in [0, 0.05) is 39.0 Å². The van der Waals surface area contributed by atoms with Crippen molar-refractivity contribution in [3.8, 4) is 0 Å². The van der Waals surface area contributed by atoms with E-state index in [9.17, 15) is 9.59 Å². The van der Waals surface area contributed by atoms with Crippen LogP contribution in [0.5, 0.6) is 0 Å². The van der Waals surface area contributed by atoms with Crippen LogP contribution in [0.25, 0.3) is 0 Å². The molecule has 0 aromatic heterocycles. The highest BCUT2D eigenvalue weighted by Crippen LogP contribution is 2.31. The lowest BCUT2D eigenvalue weighted by molar-refractivity contribution is -0.185. The molecule has 0 aromatic rings. The molecule has 3 rings (SSSR count). The molecule has 118 valence electrons. The molecule has 0 radical (unpaired) electrons. The molecular formula is C14H23N3O4. The van der Waals surface area contributed by atoms with E-state index < -0.39 is 5.54 Å². The Morgan fingerprint density at radius 2 is 1.71 bits per heavy atom. The zero-order valence-electron chi connectivity index (χ0n) is 12.7. The van der Waals surface area contributed by atoms with Crippen LogP contribution < -0.4 is 5.32 Å². The molecule has 0 aromatic carbocycles. The highest BCUT2D eigenvalue weighted by Gasteiger charge is 2.44. The highest BCUT2D eigenvalue weighted by atomic mass is 16.7. The van der Waals surface area contributed by atoms with Crippen LogP contribution in [0.15, 0.2) is 0 Å². The van der Waals surface area contributed by atoms with Crippen LogP contribution in [0.1, 0.15) is 26.7 Å². The molecule has 21 heavy (non-hydrogen) atoms. The summed E-state index contributed by atoms with van der Waals surface area (Å²) in [7, 11) is 0. The Balaban J connectivity index is 1.48. The largest absolute Gasteiger partial charge is 0.347 e. The quantitative estimate of drug-likeness (QED) is 0.751. The van der Waals surface area contributed by atoms with Gasteiger partial charge in [-0.05, 0) is 13.8 Å². The zero-order chi connectivity index (χ0) is 15.1. The monoisotopic (exact) mass is 297 g/mol. The maximum Gasteiger partial charge on any atom is 0.325 e. The predicted molar refractivity (Wildman–Crippen MR) is 74.6 cm³/mol. The van der Waals surface area contributed by atoms with Crippen LogP contribution >= 0.6 is 0 Å². The van der Waals surface area contributed by atoms with Crippen LogP contribution in [0.4, 0.5) is 4.79 Å². The smallest absolute Gasteiger partial charge is 0.325 e.